The molecule has 1 aliphatic rings. The summed E-state index contributed by atoms with van der Waals surface area (Å²) in [5, 5.41) is 12.3. The number of hydrogen-bond acceptors (Lipinski definition) is 6. The molecule has 0 bridgehead atoms. The number of aromatic nitrogens is 2. The van der Waals surface area contributed by atoms with Crippen LogP contribution in [0.2, 0.25) is 0 Å². The van der Waals surface area contributed by atoms with Crippen molar-refractivity contribution in [3.63, 3.8) is 0 Å². The van der Waals surface area contributed by atoms with E-state index >= 15 is 0 Å². The van der Waals surface area contributed by atoms with E-state index in [4.69, 9.17) is 4.74 Å². The number of likely N-dealkylation sites (tertiary alicyclic amines) is 1. The summed E-state index contributed by atoms with van der Waals surface area (Å²) in [4.78, 5) is 34.6. The van der Waals surface area contributed by atoms with E-state index in [9.17, 15) is 14.7 Å². The summed E-state index contributed by atoms with van der Waals surface area (Å²) in [6.07, 6.45) is 4.77. The van der Waals surface area contributed by atoms with Crippen LogP contribution in [0.5, 0.6) is 0 Å². The van der Waals surface area contributed by atoms with E-state index in [-0.39, 0.29) is 25.5 Å². The van der Waals surface area contributed by atoms with Crippen molar-refractivity contribution < 1.29 is 19.4 Å². The van der Waals surface area contributed by atoms with Gasteiger partial charge in [-0.25, -0.2) is 4.98 Å². The molecule has 3 heterocycles. The molecule has 0 aromatic carbocycles. The molecule has 1 unspecified atom stereocenters. The van der Waals surface area contributed by atoms with Crippen LogP contribution in [0, 0.1) is 5.41 Å². The van der Waals surface area contributed by atoms with E-state index in [1.54, 1.807) is 17.3 Å². The fourth-order valence-electron chi connectivity index (χ4n) is 3.25. The van der Waals surface area contributed by atoms with Gasteiger partial charge in [0.1, 0.15) is 10.4 Å². The average Bonchev–Trinajstić information content (AvgIpc) is 3.11. The smallest absolute Gasteiger partial charge is 0.313 e. The molecule has 1 aliphatic heterocycles. The van der Waals surface area contributed by atoms with Crippen LogP contribution in [0.1, 0.15) is 18.5 Å². The second-order valence-electron chi connectivity index (χ2n) is 6.50. The molecule has 2 aromatic rings. The second kappa shape index (κ2) is 7.92. The summed E-state index contributed by atoms with van der Waals surface area (Å²) < 4.78 is 5.11. The molecule has 2 aromatic heterocycles. The number of methoxy groups -OCH3 is 1. The van der Waals surface area contributed by atoms with Gasteiger partial charge in [0, 0.05) is 43.5 Å². The van der Waals surface area contributed by atoms with Crippen LogP contribution in [0.15, 0.2) is 29.9 Å². The average molecular weight is 375 g/mol. The highest BCUT2D eigenvalue weighted by molar-refractivity contribution is 7.13. The van der Waals surface area contributed by atoms with Gasteiger partial charge in [-0.1, -0.05) is 0 Å². The molecule has 26 heavy (non-hydrogen) atoms. The zero-order chi connectivity index (χ0) is 18.6. The number of aliphatic carboxylic acids is 1. The Morgan fingerprint density at radius 3 is 3.00 bits per heavy atom. The van der Waals surface area contributed by atoms with Crippen molar-refractivity contribution in [2.45, 2.75) is 19.3 Å². The number of pyridine rings is 1. The molecular formula is C18H21N3O4S. The molecule has 1 atom stereocenters. The minimum atomic E-state index is -1.02. The second-order valence-corrected chi connectivity index (χ2v) is 7.36. The van der Waals surface area contributed by atoms with Crippen molar-refractivity contribution in [3.8, 4) is 10.6 Å². The fraction of sp³-hybridized carbons (Fsp3) is 0.444. The number of carboxylic acids is 1. The lowest BCUT2D eigenvalue weighted by Crippen LogP contribution is -2.52. The Kier molecular flexibility index (Phi) is 5.63. The molecule has 7 nitrogen and oxygen atoms in total. The van der Waals surface area contributed by atoms with Crippen molar-refractivity contribution in [1.29, 1.82) is 0 Å². The number of carbonyl (C=O) groups is 2. The van der Waals surface area contributed by atoms with Crippen molar-refractivity contribution in [3.05, 3.63) is 35.6 Å². The quantitative estimate of drug-likeness (QED) is 0.831. The van der Waals surface area contributed by atoms with Gasteiger partial charge < -0.3 is 14.7 Å². The van der Waals surface area contributed by atoms with Gasteiger partial charge in [0.25, 0.3) is 0 Å². The number of piperidine rings is 1. The van der Waals surface area contributed by atoms with Crippen LogP contribution in [0.3, 0.4) is 0 Å². The molecular weight excluding hydrogens is 354 g/mol. The van der Waals surface area contributed by atoms with Crippen LogP contribution >= 0.6 is 11.3 Å². The van der Waals surface area contributed by atoms with E-state index in [2.05, 4.69) is 9.97 Å². The molecule has 3 rings (SSSR count). The van der Waals surface area contributed by atoms with Crippen molar-refractivity contribution in [1.82, 2.24) is 14.9 Å². The van der Waals surface area contributed by atoms with Crippen LogP contribution in [-0.2, 0) is 20.7 Å². The lowest BCUT2D eigenvalue weighted by atomic mass is 9.80. The molecule has 1 amide bonds. The Balaban J connectivity index is 1.68. The third kappa shape index (κ3) is 3.91. The van der Waals surface area contributed by atoms with Crippen LogP contribution in [0.4, 0.5) is 0 Å². The summed E-state index contributed by atoms with van der Waals surface area (Å²) in [7, 11) is 1.49. The first-order chi connectivity index (χ1) is 12.5. The lowest BCUT2D eigenvalue weighted by Gasteiger charge is -2.39. The zero-order valence-electron chi connectivity index (χ0n) is 14.6. The van der Waals surface area contributed by atoms with E-state index in [0.717, 1.165) is 10.6 Å². The standard InChI is InChI=1S/C18H21N3O4S/c1-25-12-18(17(23)24)5-3-7-21(11-18)15(22)8-14-10-26-16(20-14)13-4-2-6-19-9-13/h2,4,6,9-10H,3,5,7-8,11-12H2,1H3,(H,23,24). The Morgan fingerprint density at radius 1 is 1.46 bits per heavy atom. The summed E-state index contributed by atoms with van der Waals surface area (Å²) in [6.45, 7) is 0.847. The fourth-order valence-corrected chi connectivity index (χ4v) is 4.06. The number of carbonyl (C=O) groups excluding carboxylic acids is 1. The van der Waals surface area contributed by atoms with Crippen LogP contribution < -0.4 is 0 Å². The lowest BCUT2D eigenvalue weighted by molar-refractivity contribution is -0.159. The molecule has 1 N–H and O–H groups in total. The third-order valence-electron chi connectivity index (χ3n) is 4.60. The van der Waals surface area contributed by atoms with Crippen LogP contribution in [0.25, 0.3) is 10.6 Å². The minimum absolute atomic E-state index is 0.102. The first-order valence-corrected chi connectivity index (χ1v) is 9.27. The molecule has 0 spiro atoms. The van der Waals surface area contributed by atoms with Gasteiger partial charge in [-0.3, -0.25) is 14.6 Å². The number of rotatable bonds is 6. The normalized spacial score (nSPS) is 20.1. The van der Waals surface area contributed by atoms with Gasteiger partial charge in [-0.2, -0.15) is 0 Å². The maximum absolute atomic E-state index is 12.7. The predicted molar refractivity (Wildman–Crippen MR) is 96.8 cm³/mol. The van der Waals surface area contributed by atoms with Crippen LogP contribution in [-0.4, -0.2) is 58.7 Å². The Labute approximate surface area is 155 Å². The Hall–Kier alpha value is -2.32. The van der Waals surface area contributed by atoms with Gasteiger partial charge >= 0.3 is 5.97 Å². The molecule has 0 aliphatic carbocycles. The van der Waals surface area contributed by atoms with E-state index in [1.807, 2.05) is 17.5 Å². The highest BCUT2D eigenvalue weighted by Gasteiger charge is 2.43. The number of nitrogens with zero attached hydrogens (tertiary/aromatic N) is 3. The number of ether oxygens (including phenoxy) is 1. The summed E-state index contributed by atoms with van der Waals surface area (Å²) in [5.41, 5.74) is 0.585. The minimum Gasteiger partial charge on any atom is -0.481 e. The van der Waals surface area contributed by atoms with Gasteiger partial charge in [0.05, 0.1) is 18.7 Å². The molecule has 0 radical (unpaired) electrons. The first-order valence-electron chi connectivity index (χ1n) is 8.39. The molecule has 0 saturated carbocycles. The van der Waals surface area contributed by atoms with E-state index < -0.39 is 11.4 Å². The monoisotopic (exact) mass is 375 g/mol. The maximum Gasteiger partial charge on any atom is 0.313 e. The molecule has 8 heteroatoms. The number of amides is 1. The number of thiazole rings is 1. The topological polar surface area (TPSA) is 92.6 Å². The Morgan fingerprint density at radius 2 is 2.31 bits per heavy atom. The molecule has 1 fully saturated rings. The van der Waals surface area contributed by atoms with Gasteiger partial charge in [-0.15, -0.1) is 11.3 Å². The summed E-state index contributed by atoms with van der Waals surface area (Å²) in [5.74, 6) is -1.01. The van der Waals surface area contributed by atoms with Crippen molar-refractivity contribution in [2.24, 2.45) is 5.41 Å². The number of carboxylic acid groups (broad SMARTS) is 1. The highest BCUT2D eigenvalue weighted by atomic mass is 32.1. The first kappa shape index (κ1) is 18.5. The molecule has 1 saturated heterocycles. The summed E-state index contributed by atoms with van der Waals surface area (Å²) in [6, 6.07) is 3.77. The summed E-state index contributed by atoms with van der Waals surface area (Å²) >= 11 is 1.47. The third-order valence-corrected chi connectivity index (χ3v) is 5.54. The van der Waals surface area contributed by atoms with Gasteiger partial charge in [0.2, 0.25) is 5.91 Å². The van der Waals surface area contributed by atoms with E-state index in [1.165, 1.54) is 18.4 Å². The molecule has 138 valence electrons. The largest absolute Gasteiger partial charge is 0.481 e. The van der Waals surface area contributed by atoms with Crippen molar-refractivity contribution >= 4 is 23.2 Å². The SMILES string of the molecule is COCC1(C(=O)O)CCCN(C(=O)Cc2csc(-c3cccnc3)n2)C1. The van der Waals surface area contributed by atoms with E-state index in [0.29, 0.717) is 25.1 Å². The Bertz CT molecular complexity index is 776. The number of hydrogen-bond donors (Lipinski definition) is 1. The maximum atomic E-state index is 12.7. The predicted octanol–water partition coefficient (Wildman–Crippen LogP) is 2.09. The van der Waals surface area contributed by atoms with Gasteiger partial charge in [-0.05, 0) is 25.0 Å². The zero-order valence-corrected chi connectivity index (χ0v) is 15.4. The highest BCUT2D eigenvalue weighted by Crippen LogP contribution is 2.31. The van der Waals surface area contributed by atoms with Crippen molar-refractivity contribution in [2.75, 3.05) is 26.8 Å². The van der Waals surface area contributed by atoms with Gasteiger partial charge in [0.15, 0.2) is 0 Å².